The minimum atomic E-state index is -0.668. The number of aromatic nitrogens is 2. The minimum absolute atomic E-state index is 0.209. The molecule has 0 saturated heterocycles. The van der Waals surface area contributed by atoms with Crippen LogP contribution in [0.1, 0.15) is 0 Å². The summed E-state index contributed by atoms with van der Waals surface area (Å²) in [5.74, 6) is -0.904. The van der Waals surface area contributed by atoms with Crippen LogP contribution in [0.5, 0.6) is 0 Å². The van der Waals surface area contributed by atoms with E-state index in [-0.39, 0.29) is 5.56 Å². The average molecular weight is 288 g/mol. The lowest BCUT2D eigenvalue weighted by Crippen LogP contribution is -1.97. The van der Waals surface area contributed by atoms with E-state index in [2.05, 4.69) is 21.0 Å². The van der Waals surface area contributed by atoms with Crippen LogP contribution in [0.3, 0.4) is 0 Å². The highest BCUT2D eigenvalue weighted by molar-refractivity contribution is 9.10. The van der Waals surface area contributed by atoms with Gasteiger partial charge >= 0.3 is 0 Å². The highest BCUT2D eigenvalue weighted by atomic mass is 79.9. The van der Waals surface area contributed by atoms with Crippen LogP contribution >= 0.6 is 15.9 Å². The van der Waals surface area contributed by atoms with Gasteiger partial charge in [0.1, 0.15) is 23.1 Å². The topological polar surface area (TPSA) is 43.8 Å². The van der Waals surface area contributed by atoms with Crippen molar-refractivity contribution in [2.24, 2.45) is 7.05 Å². The third-order valence-electron chi connectivity index (χ3n) is 2.22. The van der Waals surface area contributed by atoms with Crippen molar-refractivity contribution in [1.29, 1.82) is 0 Å². The van der Waals surface area contributed by atoms with Crippen molar-refractivity contribution in [3.8, 4) is 11.3 Å². The van der Waals surface area contributed by atoms with E-state index in [1.165, 1.54) is 16.8 Å². The van der Waals surface area contributed by atoms with E-state index in [0.29, 0.717) is 16.0 Å². The molecule has 2 N–H and O–H groups in total. The molecule has 0 radical (unpaired) electrons. The summed E-state index contributed by atoms with van der Waals surface area (Å²) in [5, 5.41) is 4.05. The third-order valence-corrected chi connectivity index (χ3v) is 3.00. The van der Waals surface area contributed by atoms with E-state index < -0.39 is 11.6 Å². The molecule has 3 nitrogen and oxygen atoms in total. The van der Waals surface area contributed by atoms with Crippen molar-refractivity contribution in [3.63, 3.8) is 0 Å². The maximum absolute atomic E-state index is 13.5. The Morgan fingerprint density at radius 2 is 2.06 bits per heavy atom. The molecule has 0 aliphatic rings. The van der Waals surface area contributed by atoms with Gasteiger partial charge in [0.2, 0.25) is 0 Å². The smallest absolute Gasteiger partial charge is 0.136 e. The highest BCUT2D eigenvalue weighted by Gasteiger charge is 2.16. The first-order valence-corrected chi connectivity index (χ1v) is 5.23. The van der Waals surface area contributed by atoms with Gasteiger partial charge in [-0.2, -0.15) is 5.10 Å². The van der Waals surface area contributed by atoms with Crippen molar-refractivity contribution in [2.75, 3.05) is 5.73 Å². The predicted octanol–water partition coefficient (Wildman–Crippen LogP) is 2.71. The maximum atomic E-state index is 13.5. The fourth-order valence-corrected chi connectivity index (χ4v) is 1.91. The molecule has 6 heteroatoms. The molecule has 1 aromatic carbocycles. The zero-order chi connectivity index (χ0) is 11.9. The van der Waals surface area contributed by atoms with Crippen molar-refractivity contribution < 1.29 is 8.78 Å². The molecule has 0 amide bonds. The van der Waals surface area contributed by atoms with Crippen LogP contribution in [-0.4, -0.2) is 9.78 Å². The third kappa shape index (κ3) is 1.69. The molecule has 16 heavy (non-hydrogen) atoms. The average Bonchev–Trinajstić information content (AvgIpc) is 2.46. The van der Waals surface area contributed by atoms with Gasteiger partial charge in [-0.05, 0) is 28.1 Å². The molecule has 0 aliphatic heterocycles. The number of nitrogens with zero attached hydrogens (tertiary/aromatic N) is 2. The van der Waals surface area contributed by atoms with Gasteiger partial charge in [0.15, 0.2) is 0 Å². The van der Waals surface area contributed by atoms with Gasteiger partial charge < -0.3 is 5.73 Å². The largest absolute Gasteiger partial charge is 0.383 e. The number of nitrogens with two attached hydrogens (primary N) is 1. The summed E-state index contributed by atoms with van der Waals surface area (Å²) in [4.78, 5) is 0. The molecule has 2 aromatic rings. The number of aryl methyl sites for hydroxylation is 1. The fourth-order valence-electron chi connectivity index (χ4n) is 1.36. The molecule has 0 bridgehead atoms. The van der Waals surface area contributed by atoms with Gasteiger partial charge in [0, 0.05) is 18.7 Å². The van der Waals surface area contributed by atoms with Gasteiger partial charge in [0.25, 0.3) is 0 Å². The lowest BCUT2D eigenvalue weighted by molar-refractivity contribution is 0.585. The number of hydrogen-bond acceptors (Lipinski definition) is 2. The Balaban J connectivity index is 2.63. The van der Waals surface area contributed by atoms with Crippen molar-refractivity contribution in [1.82, 2.24) is 9.78 Å². The Morgan fingerprint density at radius 3 is 2.56 bits per heavy atom. The molecule has 2 rings (SSSR count). The van der Waals surface area contributed by atoms with Crippen LogP contribution in [0.15, 0.2) is 22.7 Å². The number of halogens is 3. The Labute approximate surface area is 99.0 Å². The Kier molecular flexibility index (Phi) is 2.67. The lowest BCUT2D eigenvalue weighted by atomic mass is 10.1. The van der Waals surface area contributed by atoms with Gasteiger partial charge in [-0.1, -0.05) is 0 Å². The summed E-state index contributed by atoms with van der Waals surface area (Å²) < 4.78 is 28.2. The summed E-state index contributed by atoms with van der Waals surface area (Å²) in [6, 6.07) is 3.32. The van der Waals surface area contributed by atoms with Crippen LogP contribution < -0.4 is 5.73 Å². The molecule has 84 valence electrons. The van der Waals surface area contributed by atoms with Crippen LogP contribution in [-0.2, 0) is 7.05 Å². The van der Waals surface area contributed by atoms with Gasteiger partial charge in [-0.3, -0.25) is 4.68 Å². The van der Waals surface area contributed by atoms with E-state index in [1.54, 1.807) is 7.05 Å². The number of rotatable bonds is 1. The minimum Gasteiger partial charge on any atom is -0.383 e. The van der Waals surface area contributed by atoms with Crippen molar-refractivity contribution >= 4 is 21.7 Å². The normalized spacial score (nSPS) is 10.8. The van der Waals surface area contributed by atoms with Crippen LogP contribution in [0.25, 0.3) is 11.3 Å². The van der Waals surface area contributed by atoms with E-state index in [9.17, 15) is 8.78 Å². The second-order valence-electron chi connectivity index (χ2n) is 3.30. The Morgan fingerprint density at radius 1 is 1.38 bits per heavy atom. The van der Waals surface area contributed by atoms with Gasteiger partial charge in [-0.15, -0.1) is 0 Å². The molecule has 0 atom stereocenters. The molecule has 0 aliphatic carbocycles. The molecule has 0 unspecified atom stereocenters. The van der Waals surface area contributed by atoms with Crippen molar-refractivity contribution in [2.45, 2.75) is 0 Å². The van der Waals surface area contributed by atoms with E-state index in [0.717, 1.165) is 6.07 Å². The predicted molar refractivity (Wildman–Crippen MR) is 60.7 cm³/mol. The molecule has 0 spiro atoms. The van der Waals surface area contributed by atoms with E-state index in [1.807, 2.05) is 0 Å². The first kappa shape index (κ1) is 11.1. The second kappa shape index (κ2) is 3.86. The summed E-state index contributed by atoms with van der Waals surface area (Å²) in [6.45, 7) is 0. The fraction of sp³-hybridized carbons (Fsp3) is 0.100. The number of hydrogen-bond donors (Lipinski definition) is 1. The quantitative estimate of drug-likeness (QED) is 0.876. The van der Waals surface area contributed by atoms with Gasteiger partial charge in [0.05, 0.1) is 4.47 Å². The SMILES string of the molecule is Cn1nc(-c2ccc(F)cc2F)c(Br)c1N. The zero-order valence-electron chi connectivity index (χ0n) is 8.34. The lowest BCUT2D eigenvalue weighted by Gasteiger charge is -1.99. The Bertz CT molecular complexity index is 551. The second-order valence-corrected chi connectivity index (χ2v) is 4.09. The summed E-state index contributed by atoms with van der Waals surface area (Å²) >= 11 is 3.22. The van der Waals surface area contributed by atoms with Crippen LogP contribution in [0.2, 0.25) is 0 Å². The van der Waals surface area contributed by atoms with Crippen LogP contribution in [0, 0.1) is 11.6 Å². The molecule has 1 aromatic heterocycles. The number of anilines is 1. The molecule has 1 heterocycles. The first-order valence-electron chi connectivity index (χ1n) is 4.44. The standard InChI is InChI=1S/C10H8BrF2N3/c1-16-10(14)8(11)9(15-16)6-3-2-5(12)4-7(6)13/h2-4H,14H2,1H3. The Hall–Kier alpha value is -1.43. The monoisotopic (exact) mass is 287 g/mol. The molecular weight excluding hydrogens is 280 g/mol. The molecule has 0 saturated carbocycles. The first-order chi connectivity index (χ1) is 7.50. The van der Waals surface area contributed by atoms with Gasteiger partial charge in [-0.25, -0.2) is 8.78 Å². The van der Waals surface area contributed by atoms with E-state index in [4.69, 9.17) is 5.73 Å². The molecular formula is C10H8BrF2N3. The number of benzene rings is 1. The van der Waals surface area contributed by atoms with Crippen LogP contribution in [0.4, 0.5) is 14.6 Å². The zero-order valence-corrected chi connectivity index (χ0v) is 9.92. The van der Waals surface area contributed by atoms with E-state index >= 15 is 0 Å². The number of nitrogen functional groups attached to an aromatic ring is 1. The summed E-state index contributed by atoms with van der Waals surface area (Å²) in [5.41, 5.74) is 6.24. The highest BCUT2D eigenvalue weighted by Crippen LogP contribution is 2.33. The maximum Gasteiger partial charge on any atom is 0.136 e. The summed E-state index contributed by atoms with van der Waals surface area (Å²) in [6.07, 6.45) is 0. The molecule has 0 fully saturated rings. The van der Waals surface area contributed by atoms with Crippen molar-refractivity contribution in [3.05, 3.63) is 34.3 Å². The summed E-state index contributed by atoms with van der Waals surface area (Å²) in [7, 11) is 1.64.